The highest BCUT2D eigenvalue weighted by Gasteiger charge is 2.39. The molecule has 1 saturated heterocycles. The van der Waals surface area contributed by atoms with Crippen LogP contribution in [0.15, 0.2) is 60.7 Å². The maximum absolute atomic E-state index is 11.5. The zero-order chi connectivity index (χ0) is 14.7. The maximum Gasteiger partial charge on any atom is 0.308 e. The van der Waals surface area contributed by atoms with Crippen molar-refractivity contribution in [3.05, 3.63) is 71.8 Å². The van der Waals surface area contributed by atoms with Gasteiger partial charge in [0.05, 0.1) is 5.92 Å². The average Bonchev–Trinajstić information content (AvgIpc) is 2.99. The number of rotatable bonds is 4. The predicted molar refractivity (Wildman–Crippen MR) is 82.2 cm³/mol. The van der Waals surface area contributed by atoms with Crippen LogP contribution in [0.2, 0.25) is 0 Å². The highest BCUT2D eigenvalue weighted by atomic mass is 16.4. The number of benzene rings is 2. The Morgan fingerprint density at radius 1 is 0.952 bits per heavy atom. The van der Waals surface area contributed by atoms with Gasteiger partial charge >= 0.3 is 5.97 Å². The smallest absolute Gasteiger partial charge is 0.308 e. The van der Waals surface area contributed by atoms with E-state index in [0.29, 0.717) is 6.54 Å². The van der Waals surface area contributed by atoms with Crippen LogP contribution in [0.4, 0.5) is 0 Å². The molecule has 1 aliphatic heterocycles. The van der Waals surface area contributed by atoms with Crippen molar-refractivity contribution in [2.75, 3.05) is 13.1 Å². The van der Waals surface area contributed by atoms with Crippen LogP contribution in [0.3, 0.4) is 0 Å². The molecule has 1 fully saturated rings. The number of hydrogen-bond donors (Lipinski definition) is 2. The van der Waals surface area contributed by atoms with Gasteiger partial charge in [-0.15, -0.1) is 0 Å². The lowest BCUT2D eigenvalue weighted by Gasteiger charge is -2.27. The molecular weight excluding hydrogens is 262 g/mol. The number of carboxylic acids is 1. The first-order valence-corrected chi connectivity index (χ1v) is 7.31. The van der Waals surface area contributed by atoms with Gasteiger partial charge in [-0.1, -0.05) is 60.7 Å². The average molecular weight is 281 g/mol. The Morgan fingerprint density at radius 3 is 1.95 bits per heavy atom. The van der Waals surface area contributed by atoms with Crippen LogP contribution >= 0.6 is 0 Å². The normalized spacial score (nSPS) is 21.6. The van der Waals surface area contributed by atoms with E-state index in [9.17, 15) is 9.90 Å². The summed E-state index contributed by atoms with van der Waals surface area (Å²) < 4.78 is 0. The molecule has 3 nitrogen and oxygen atoms in total. The SMILES string of the molecule is O=C(O)C1CNCC1C(c1ccccc1)c1ccccc1. The van der Waals surface area contributed by atoms with E-state index in [1.807, 2.05) is 36.4 Å². The first kappa shape index (κ1) is 13.8. The van der Waals surface area contributed by atoms with Crippen molar-refractivity contribution in [3.63, 3.8) is 0 Å². The Morgan fingerprint density at radius 2 is 1.48 bits per heavy atom. The Bertz CT molecular complexity index is 558. The highest BCUT2D eigenvalue weighted by molar-refractivity contribution is 5.71. The van der Waals surface area contributed by atoms with Gasteiger partial charge in [0.1, 0.15) is 0 Å². The topological polar surface area (TPSA) is 49.3 Å². The third-order valence-electron chi connectivity index (χ3n) is 4.32. The van der Waals surface area contributed by atoms with E-state index in [1.54, 1.807) is 0 Å². The Balaban J connectivity index is 2.03. The maximum atomic E-state index is 11.5. The minimum atomic E-state index is -0.707. The van der Waals surface area contributed by atoms with Gasteiger partial charge in [0.15, 0.2) is 0 Å². The lowest BCUT2D eigenvalue weighted by molar-refractivity contribution is -0.142. The van der Waals surface area contributed by atoms with Crippen molar-refractivity contribution in [1.29, 1.82) is 0 Å². The van der Waals surface area contributed by atoms with E-state index < -0.39 is 5.97 Å². The van der Waals surface area contributed by atoms with Gasteiger partial charge in [-0.25, -0.2) is 0 Å². The van der Waals surface area contributed by atoms with Crippen LogP contribution in [-0.4, -0.2) is 24.2 Å². The molecule has 0 aromatic heterocycles. The summed E-state index contributed by atoms with van der Waals surface area (Å²) in [6, 6.07) is 20.4. The van der Waals surface area contributed by atoms with Crippen molar-refractivity contribution in [2.45, 2.75) is 5.92 Å². The van der Waals surface area contributed by atoms with Gasteiger partial charge in [-0.2, -0.15) is 0 Å². The predicted octanol–water partition coefficient (Wildman–Crippen LogP) is 2.74. The lowest BCUT2D eigenvalue weighted by Crippen LogP contribution is -2.27. The second-order valence-corrected chi connectivity index (χ2v) is 5.57. The molecular formula is C18H19NO2. The third-order valence-corrected chi connectivity index (χ3v) is 4.32. The molecule has 2 aromatic rings. The van der Waals surface area contributed by atoms with E-state index in [0.717, 1.165) is 6.54 Å². The molecule has 2 unspecified atom stereocenters. The van der Waals surface area contributed by atoms with Gasteiger partial charge in [-0.3, -0.25) is 4.79 Å². The fraction of sp³-hybridized carbons (Fsp3) is 0.278. The second-order valence-electron chi connectivity index (χ2n) is 5.57. The van der Waals surface area contributed by atoms with Crippen molar-refractivity contribution in [2.24, 2.45) is 11.8 Å². The monoisotopic (exact) mass is 281 g/mol. The summed E-state index contributed by atoms with van der Waals surface area (Å²) in [6.07, 6.45) is 0. The molecule has 21 heavy (non-hydrogen) atoms. The van der Waals surface area contributed by atoms with Gasteiger partial charge < -0.3 is 10.4 Å². The zero-order valence-electron chi connectivity index (χ0n) is 11.8. The number of nitrogens with one attached hydrogen (secondary N) is 1. The van der Waals surface area contributed by atoms with Crippen molar-refractivity contribution < 1.29 is 9.90 Å². The molecule has 0 radical (unpaired) electrons. The van der Waals surface area contributed by atoms with Gasteiger partial charge in [0.2, 0.25) is 0 Å². The molecule has 108 valence electrons. The van der Waals surface area contributed by atoms with Crippen LogP contribution in [-0.2, 0) is 4.79 Å². The first-order valence-electron chi connectivity index (χ1n) is 7.31. The molecule has 0 aliphatic carbocycles. The van der Waals surface area contributed by atoms with E-state index >= 15 is 0 Å². The summed E-state index contributed by atoms with van der Waals surface area (Å²) in [4.78, 5) is 11.5. The van der Waals surface area contributed by atoms with Crippen molar-refractivity contribution >= 4 is 5.97 Å². The van der Waals surface area contributed by atoms with Crippen LogP contribution in [0.5, 0.6) is 0 Å². The van der Waals surface area contributed by atoms with Crippen LogP contribution in [0, 0.1) is 11.8 Å². The lowest BCUT2D eigenvalue weighted by atomic mass is 9.76. The zero-order valence-corrected chi connectivity index (χ0v) is 11.8. The summed E-state index contributed by atoms with van der Waals surface area (Å²) in [7, 11) is 0. The van der Waals surface area contributed by atoms with E-state index in [1.165, 1.54) is 11.1 Å². The molecule has 3 rings (SSSR count). The van der Waals surface area contributed by atoms with Gasteiger partial charge in [0, 0.05) is 12.5 Å². The Hall–Kier alpha value is -2.13. The van der Waals surface area contributed by atoms with Crippen molar-refractivity contribution in [3.8, 4) is 0 Å². The van der Waals surface area contributed by atoms with E-state index in [4.69, 9.17) is 0 Å². The van der Waals surface area contributed by atoms with Crippen LogP contribution in [0.25, 0.3) is 0 Å². The van der Waals surface area contributed by atoms with E-state index in [-0.39, 0.29) is 17.8 Å². The van der Waals surface area contributed by atoms with Gasteiger partial charge in [-0.05, 0) is 23.6 Å². The molecule has 0 spiro atoms. The molecule has 3 heteroatoms. The molecule has 2 N–H and O–H groups in total. The van der Waals surface area contributed by atoms with Crippen LogP contribution < -0.4 is 5.32 Å². The molecule has 1 aliphatic rings. The molecule has 0 saturated carbocycles. The largest absolute Gasteiger partial charge is 0.481 e. The minimum Gasteiger partial charge on any atom is -0.481 e. The van der Waals surface area contributed by atoms with Gasteiger partial charge in [0.25, 0.3) is 0 Å². The second kappa shape index (κ2) is 6.10. The summed E-state index contributed by atoms with van der Waals surface area (Å²) in [5, 5.41) is 12.7. The quantitative estimate of drug-likeness (QED) is 0.906. The fourth-order valence-corrected chi connectivity index (χ4v) is 3.33. The molecule has 1 heterocycles. The standard InChI is InChI=1S/C18H19NO2/c20-18(21)16-12-19-11-15(16)17(13-7-3-1-4-8-13)14-9-5-2-6-10-14/h1-10,15-17,19H,11-12H2,(H,20,21). The molecule has 2 aromatic carbocycles. The third kappa shape index (κ3) is 2.83. The Kier molecular flexibility index (Phi) is 4.02. The summed E-state index contributed by atoms with van der Waals surface area (Å²) in [5.74, 6) is -0.854. The number of carbonyl (C=O) groups is 1. The highest BCUT2D eigenvalue weighted by Crippen LogP contribution is 2.38. The summed E-state index contributed by atoms with van der Waals surface area (Å²) in [6.45, 7) is 1.29. The first-order chi connectivity index (χ1) is 10.3. The summed E-state index contributed by atoms with van der Waals surface area (Å²) in [5.41, 5.74) is 2.37. The Labute approximate surface area is 124 Å². The van der Waals surface area contributed by atoms with E-state index in [2.05, 4.69) is 29.6 Å². The minimum absolute atomic E-state index is 0.0762. The number of hydrogen-bond acceptors (Lipinski definition) is 2. The number of carboxylic acid groups (broad SMARTS) is 1. The fourth-order valence-electron chi connectivity index (χ4n) is 3.33. The molecule has 0 bridgehead atoms. The molecule has 2 atom stereocenters. The number of aliphatic carboxylic acids is 1. The molecule has 0 amide bonds. The van der Waals surface area contributed by atoms with Crippen LogP contribution in [0.1, 0.15) is 17.0 Å². The summed E-state index contributed by atoms with van der Waals surface area (Å²) >= 11 is 0. The van der Waals surface area contributed by atoms with Crippen molar-refractivity contribution in [1.82, 2.24) is 5.32 Å².